The van der Waals surface area contributed by atoms with Crippen molar-refractivity contribution in [2.45, 2.75) is 26.7 Å². The Hall–Kier alpha value is -2.02. The maximum Gasteiger partial charge on any atom is 0.224 e. The topological polar surface area (TPSA) is 47.3 Å². The van der Waals surface area contributed by atoms with E-state index in [9.17, 15) is 4.79 Å². The molecule has 1 aromatic rings. The predicted octanol–water partition coefficient (Wildman–Crippen LogP) is 2.58. The van der Waals surface area contributed by atoms with E-state index in [0.29, 0.717) is 25.9 Å². The maximum atomic E-state index is 12.0. The number of hydrogen-bond acceptors (Lipinski definition) is 3. The van der Waals surface area contributed by atoms with Crippen LogP contribution in [0, 0.1) is 18.3 Å². The van der Waals surface area contributed by atoms with Gasteiger partial charge in [-0.2, -0.15) is 5.26 Å². The SMILES string of the molecule is CCN(CCC(=O)N(C)CCC#N)c1ccccc1C. The number of benzene rings is 1. The molecule has 4 heteroatoms. The van der Waals surface area contributed by atoms with Gasteiger partial charge in [0.15, 0.2) is 0 Å². The van der Waals surface area contributed by atoms with Crippen LogP contribution in [0.3, 0.4) is 0 Å². The fourth-order valence-corrected chi connectivity index (χ4v) is 2.13. The van der Waals surface area contributed by atoms with Crippen molar-refractivity contribution in [3.63, 3.8) is 0 Å². The number of nitriles is 1. The van der Waals surface area contributed by atoms with Gasteiger partial charge in [0.1, 0.15) is 0 Å². The number of amides is 1. The molecule has 4 nitrogen and oxygen atoms in total. The van der Waals surface area contributed by atoms with Gasteiger partial charge in [0.25, 0.3) is 0 Å². The molecule has 0 fully saturated rings. The molecule has 0 saturated heterocycles. The Bertz CT molecular complexity index is 479. The molecule has 1 rings (SSSR count). The molecule has 0 N–H and O–H groups in total. The molecule has 0 saturated carbocycles. The molecule has 108 valence electrons. The van der Waals surface area contributed by atoms with Gasteiger partial charge in [0, 0.05) is 38.8 Å². The molecule has 0 aliphatic rings. The van der Waals surface area contributed by atoms with Crippen LogP contribution >= 0.6 is 0 Å². The second-order valence-corrected chi connectivity index (χ2v) is 4.84. The number of anilines is 1. The van der Waals surface area contributed by atoms with Crippen LogP contribution in [0.4, 0.5) is 5.69 Å². The maximum absolute atomic E-state index is 12.0. The first-order chi connectivity index (χ1) is 9.60. The summed E-state index contributed by atoms with van der Waals surface area (Å²) < 4.78 is 0. The highest BCUT2D eigenvalue weighted by Crippen LogP contribution is 2.19. The van der Waals surface area contributed by atoms with E-state index in [1.165, 1.54) is 11.3 Å². The molecule has 0 heterocycles. The highest BCUT2D eigenvalue weighted by molar-refractivity contribution is 5.76. The third-order valence-electron chi connectivity index (χ3n) is 3.42. The van der Waals surface area contributed by atoms with Crippen LogP contribution in [0.25, 0.3) is 0 Å². The van der Waals surface area contributed by atoms with Crippen LogP contribution < -0.4 is 4.90 Å². The van der Waals surface area contributed by atoms with Crippen LogP contribution in [0.2, 0.25) is 0 Å². The molecule has 0 aliphatic carbocycles. The highest BCUT2D eigenvalue weighted by atomic mass is 16.2. The molecule has 1 aromatic carbocycles. The van der Waals surface area contributed by atoms with Crippen molar-refractivity contribution in [2.75, 3.05) is 31.6 Å². The number of carbonyl (C=O) groups excluding carboxylic acids is 1. The van der Waals surface area contributed by atoms with E-state index >= 15 is 0 Å². The minimum Gasteiger partial charge on any atom is -0.371 e. The lowest BCUT2D eigenvalue weighted by Crippen LogP contribution is -2.33. The third kappa shape index (κ3) is 4.58. The first kappa shape index (κ1) is 16.0. The molecule has 1 amide bonds. The summed E-state index contributed by atoms with van der Waals surface area (Å²) in [6, 6.07) is 10.3. The van der Waals surface area contributed by atoms with Gasteiger partial charge in [0.05, 0.1) is 12.5 Å². The van der Waals surface area contributed by atoms with Gasteiger partial charge >= 0.3 is 0 Å². The lowest BCUT2D eigenvalue weighted by Gasteiger charge is -2.25. The van der Waals surface area contributed by atoms with Crippen LogP contribution in [0.15, 0.2) is 24.3 Å². The van der Waals surface area contributed by atoms with E-state index in [-0.39, 0.29) is 5.91 Å². The zero-order chi connectivity index (χ0) is 15.0. The minimum atomic E-state index is 0.0901. The van der Waals surface area contributed by atoms with Gasteiger partial charge in [0.2, 0.25) is 5.91 Å². The second-order valence-electron chi connectivity index (χ2n) is 4.84. The fourth-order valence-electron chi connectivity index (χ4n) is 2.13. The predicted molar refractivity (Wildman–Crippen MR) is 81.6 cm³/mol. The molecule has 20 heavy (non-hydrogen) atoms. The zero-order valence-electron chi connectivity index (χ0n) is 12.6. The fraction of sp³-hybridized carbons (Fsp3) is 0.500. The summed E-state index contributed by atoms with van der Waals surface area (Å²) in [7, 11) is 1.75. The van der Waals surface area contributed by atoms with Crippen molar-refractivity contribution in [1.82, 2.24) is 4.90 Å². The van der Waals surface area contributed by atoms with E-state index in [0.717, 1.165) is 6.54 Å². The monoisotopic (exact) mass is 273 g/mol. The standard InChI is InChI=1S/C16H23N3O/c1-4-19(15-9-6-5-8-14(15)2)13-10-16(20)18(3)12-7-11-17/h5-6,8-9H,4,7,10,12-13H2,1-3H3. The quantitative estimate of drug-likeness (QED) is 0.767. The van der Waals surface area contributed by atoms with Crippen LogP contribution in [-0.4, -0.2) is 37.5 Å². The largest absolute Gasteiger partial charge is 0.371 e. The second kappa shape index (κ2) is 8.21. The smallest absolute Gasteiger partial charge is 0.224 e. The molecule has 0 atom stereocenters. The van der Waals surface area contributed by atoms with Crippen molar-refractivity contribution < 1.29 is 4.79 Å². The van der Waals surface area contributed by atoms with E-state index in [2.05, 4.69) is 36.9 Å². The molecule has 0 unspecified atom stereocenters. The Balaban J connectivity index is 2.56. The molecular weight excluding hydrogens is 250 g/mol. The van der Waals surface area contributed by atoms with E-state index in [1.807, 2.05) is 12.1 Å². The number of rotatable bonds is 7. The summed E-state index contributed by atoms with van der Waals surface area (Å²) in [5.74, 6) is 0.0901. The summed E-state index contributed by atoms with van der Waals surface area (Å²) >= 11 is 0. The lowest BCUT2D eigenvalue weighted by molar-refractivity contribution is -0.129. The van der Waals surface area contributed by atoms with Crippen molar-refractivity contribution in [1.29, 1.82) is 5.26 Å². The summed E-state index contributed by atoms with van der Waals surface area (Å²) in [5.41, 5.74) is 2.40. The Morgan fingerprint density at radius 1 is 1.30 bits per heavy atom. The van der Waals surface area contributed by atoms with Crippen molar-refractivity contribution in [3.05, 3.63) is 29.8 Å². The average molecular weight is 273 g/mol. The third-order valence-corrected chi connectivity index (χ3v) is 3.42. The highest BCUT2D eigenvalue weighted by Gasteiger charge is 2.12. The summed E-state index contributed by atoms with van der Waals surface area (Å²) in [6.45, 7) is 6.26. The molecule has 0 radical (unpaired) electrons. The van der Waals surface area contributed by atoms with Gasteiger partial charge in [-0.1, -0.05) is 18.2 Å². The first-order valence-corrected chi connectivity index (χ1v) is 7.01. The van der Waals surface area contributed by atoms with Crippen LogP contribution in [0.1, 0.15) is 25.3 Å². The number of nitrogens with zero attached hydrogens (tertiary/aromatic N) is 3. The van der Waals surface area contributed by atoms with Crippen LogP contribution in [-0.2, 0) is 4.79 Å². The number of hydrogen-bond donors (Lipinski definition) is 0. The average Bonchev–Trinajstić information content (AvgIpc) is 2.46. The Labute approximate surface area is 121 Å². The first-order valence-electron chi connectivity index (χ1n) is 7.01. The van der Waals surface area contributed by atoms with Gasteiger partial charge in [-0.25, -0.2) is 0 Å². The van der Waals surface area contributed by atoms with Crippen molar-refractivity contribution in [2.24, 2.45) is 0 Å². The minimum absolute atomic E-state index is 0.0901. The molecule has 0 aliphatic heterocycles. The number of carbonyl (C=O) groups is 1. The van der Waals surface area contributed by atoms with Gasteiger partial charge in [-0.15, -0.1) is 0 Å². The number of para-hydroxylation sites is 1. The molecule has 0 bridgehead atoms. The molecular formula is C16H23N3O. The van der Waals surface area contributed by atoms with Crippen molar-refractivity contribution >= 4 is 11.6 Å². The van der Waals surface area contributed by atoms with Gasteiger partial charge in [-0.05, 0) is 25.5 Å². The lowest BCUT2D eigenvalue weighted by atomic mass is 10.1. The zero-order valence-corrected chi connectivity index (χ0v) is 12.6. The Morgan fingerprint density at radius 3 is 2.60 bits per heavy atom. The van der Waals surface area contributed by atoms with Gasteiger partial charge in [-0.3, -0.25) is 4.79 Å². The summed E-state index contributed by atoms with van der Waals surface area (Å²) in [5, 5.41) is 8.54. The number of aryl methyl sites for hydroxylation is 1. The molecule has 0 aromatic heterocycles. The normalized spacial score (nSPS) is 9.90. The molecule has 0 spiro atoms. The Kier molecular flexibility index (Phi) is 6.58. The van der Waals surface area contributed by atoms with E-state index in [4.69, 9.17) is 5.26 Å². The van der Waals surface area contributed by atoms with Crippen LogP contribution in [0.5, 0.6) is 0 Å². The van der Waals surface area contributed by atoms with E-state index in [1.54, 1.807) is 11.9 Å². The summed E-state index contributed by atoms with van der Waals surface area (Å²) in [6.07, 6.45) is 0.863. The van der Waals surface area contributed by atoms with E-state index < -0.39 is 0 Å². The Morgan fingerprint density at radius 2 is 2.00 bits per heavy atom. The van der Waals surface area contributed by atoms with Gasteiger partial charge < -0.3 is 9.80 Å². The van der Waals surface area contributed by atoms with Crippen molar-refractivity contribution in [3.8, 4) is 6.07 Å². The summed E-state index contributed by atoms with van der Waals surface area (Å²) in [4.78, 5) is 15.8.